The van der Waals surface area contributed by atoms with Crippen molar-refractivity contribution in [2.75, 3.05) is 32.2 Å². The quantitative estimate of drug-likeness (QED) is 0.696. The predicted molar refractivity (Wildman–Crippen MR) is 65.2 cm³/mol. The topological polar surface area (TPSA) is 92.5 Å². The lowest BCUT2D eigenvalue weighted by molar-refractivity contribution is -0.140. The van der Waals surface area contributed by atoms with Gasteiger partial charge >= 0.3 is 11.9 Å². The van der Waals surface area contributed by atoms with E-state index in [0.717, 1.165) is 0 Å². The fraction of sp³-hybridized carbons (Fsp3) is 0.333. The number of aromatic nitrogens is 1. The number of methoxy groups -OCH3 is 2. The summed E-state index contributed by atoms with van der Waals surface area (Å²) in [7, 11) is 2.51. The van der Waals surface area contributed by atoms with E-state index in [1.54, 1.807) is 12.1 Å². The van der Waals surface area contributed by atoms with Crippen LogP contribution in [0.2, 0.25) is 0 Å². The molecule has 19 heavy (non-hydrogen) atoms. The molecule has 0 spiro atoms. The van der Waals surface area contributed by atoms with Crippen molar-refractivity contribution in [1.82, 2.24) is 4.98 Å². The second-order valence-corrected chi connectivity index (χ2v) is 3.53. The first kappa shape index (κ1) is 14.4. The number of pyridine rings is 1. The summed E-state index contributed by atoms with van der Waals surface area (Å²) in [5.41, 5.74) is 0.389. The Morgan fingerprint density at radius 1 is 1.26 bits per heavy atom. The summed E-state index contributed by atoms with van der Waals surface area (Å²) < 4.78 is 9.10. The molecule has 0 bridgehead atoms. The van der Waals surface area contributed by atoms with E-state index >= 15 is 0 Å². The van der Waals surface area contributed by atoms with Crippen LogP contribution in [0.5, 0.6) is 0 Å². The van der Waals surface area contributed by atoms with Gasteiger partial charge in [0, 0.05) is 6.20 Å². The van der Waals surface area contributed by atoms with Gasteiger partial charge in [-0.05, 0) is 12.1 Å². The van der Waals surface area contributed by atoms with Gasteiger partial charge in [-0.15, -0.1) is 0 Å². The second-order valence-electron chi connectivity index (χ2n) is 3.53. The molecule has 1 rings (SSSR count). The molecular formula is C12H13N3O4. The fourth-order valence-corrected chi connectivity index (χ4v) is 1.30. The zero-order valence-electron chi connectivity index (χ0n) is 10.6. The highest BCUT2D eigenvalue weighted by Gasteiger charge is 2.17. The number of anilines is 1. The van der Waals surface area contributed by atoms with Crippen LogP contribution in [0.25, 0.3) is 0 Å². The lowest BCUT2D eigenvalue weighted by atomic mass is 10.3. The van der Waals surface area contributed by atoms with Crippen molar-refractivity contribution < 1.29 is 19.1 Å². The lowest BCUT2D eigenvalue weighted by Crippen LogP contribution is -2.36. The molecule has 0 saturated carbocycles. The van der Waals surface area contributed by atoms with Gasteiger partial charge in [0.05, 0.1) is 19.8 Å². The summed E-state index contributed by atoms with van der Waals surface area (Å²) in [6.07, 6.45) is 1.36. The Hall–Kier alpha value is -2.62. The van der Waals surface area contributed by atoms with Gasteiger partial charge in [0.15, 0.2) is 0 Å². The van der Waals surface area contributed by atoms with E-state index in [4.69, 9.17) is 5.26 Å². The largest absolute Gasteiger partial charge is 0.468 e. The Balaban J connectivity index is 2.90. The molecule has 0 aliphatic rings. The molecule has 0 unspecified atom stereocenters. The number of carbonyl (C=O) groups excluding carboxylic acids is 2. The molecule has 7 heteroatoms. The van der Waals surface area contributed by atoms with E-state index in [1.165, 1.54) is 25.3 Å². The second kappa shape index (κ2) is 6.96. The molecule has 1 heterocycles. The Morgan fingerprint density at radius 2 is 1.84 bits per heavy atom. The number of rotatable bonds is 5. The Kier molecular flexibility index (Phi) is 5.29. The van der Waals surface area contributed by atoms with E-state index in [-0.39, 0.29) is 13.1 Å². The normalized spacial score (nSPS) is 9.32. The van der Waals surface area contributed by atoms with Crippen molar-refractivity contribution in [1.29, 1.82) is 5.26 Å². The van der Waals surface area contributed by atoms with Crippen molar-refractivity contribution in [2.24, 2.45) is 0 Å². The zero-order valence-corrected chi connectivity index (χ0v) is 10.6. The standard InChI is InChI=1S/C12H13N3O4/c1-18-11(16)7-15(8-12(17)19-2)10-4-3-9(5-13)6-14-10/h3-4,6H,7-8H2,1-2H3. The third-order valence-corrected chi connectivity index (χ3v) is 2.30. The molecular weight excluding hydrogens is 250 g/mol. The molecule has 0 saturated heterocycles. The summed E-state index contributed by atoms with van der Waals surface area (Å²) in [5, 5.41) is 8.68. The summed E-state index contributed by atoms with van der Waals surface area (Å²) in [4.78, 5) is 28.0. The number of esters is 2. The third kappa shape index (κ3) is 4.27. The molecule has 0 aliphatic carbocycles. The van der Waals surface area contributed by atoms with Gasteiger partial charge in [-0.1, -0.05) is 0 Å². The van der Waals surface area contributed by atoms with Crippen LogP contribution in [0.15, 0.2) is 18.3 Å². The van der Waals surface area contributed by atoms with Crippen molar-refractivity contribution in [3.63, 3.8) is 0 Å². The number of carbonyl (C=O) groups is 2. The summed E-state index contributed by atoms with van der Waals surface area (Å²) in [6, 6.07) is 5.02. The average Bonchev–Trinajstić information content (AvgIpc) is 2.46. The van der Waals surface area contributed by atoms with Gasteiger partial charge < -0.3 is 14.4 Å². The fourth-order valence-electron chi connectivity index (χ4n) is 1.30. The predicted octanol–water partition coefficient (Wildman–Crippen LogP) is 0.106. The van der Waals surface area contributed by atoms with Crippen LogP contribution in [-0.2, 0) is 19.1 Å². The van der Waals surface area contributed by atoms with Gasteiger partial charge in [-0.2, -0.15) is 5.26 Å². The summed E-state index contributed by atoms with van der Waals surface area (Å²) >= 11 is 0. The van der Waals surface area contributed by atoms with Crippen LogP contribution in [0.1, 0.15) is 5.56 Å². The van der Waals surface area contributed by atoms with Crippen LogP contribution >= 0.6 is 0 Å². The van der Waals surface area contributed by atoms with E-state index in [1.807, 2.05) is 6.07 Å². The monoisotopic (exact) mass is 263 g/mol. The van der Waals surface area contributed by atoms with Gasteiger partial charge in [-0.3, -0.25) is 9.59 Å². The number of hydrogen-bond acceptors (Lipinski definition) is 7. The first-order valence-corrected chi connectivity index (χ1v) is 5.35. The molecule has 100 valence electrons. The highest BCUT2D eigenvalue weighted by molar-refractivity contribution is 5.80. The van der Waals surface area contributed by atoms with E-state index in [9.17, 15) is 9.59 Å². The molecule has 0 N–H and O–H groups in total. The van der Waals surface area contributed by atoms with Crippen LogP contribution in [-0.4, -0.2) is 44.2 Å². The minimum Gasteiger partial charge on any atom is -0.468 e. The highest BCUT2D eigenvalue weighted by atomic mass is 16.5. The molecule has 1 aromatic rings. The van der Waals surface area contributed by atoms with Crippen LogP contribution in [0.3, 0.4) is 0 Å². The van der Waals surface area contributed by atoms with Crippen LogP contribution in [0, 0.1) is 11.3 Å². The number of nitriles is 1. The maximum absolute atomic E-state index is 11.3. The maximum atomic E-state index is 11.3. The average molecular weight is 263 g/mol. The minimum absolute atomic E-state index is 0.134. The van der Waals surface area contributed by atoms with Crippen LogP contribution < -0.4 is 4.90 Å². The van der Waals surface area contributed by atoms with Gasteiger partial charge in [0.1, 0.15) is 25.0 Å². The van der Waals surface area contributed by atoms with Crippen molar-refractivity contribution in [2.45, 2.75) is 0 Å². The minimum atomic E-state index is -0.505. The number of hydrogen-bond donors (Lipinski definition) is 0. The number of nitrogens with zero attached hydrogens (tertiary/aromatic N) is 3. The third-order valence-electron chi connectivity index (χ3n) is 2.30. The molecule has 0 aliphatic heterocycles. The SMILES string of the molecule is COC(=O)CN(CC(=O)OC)c1ccc(C#N)cn1. The first-order valence-electron chi connectivity index (χ1n) is 5.35. The van der Waals surface area contributed by atoms with Gasteiger partial charge in [0.2, 0.25) is 0 Å². The highest BCUT2D eigenvalue weighted by Crippen LogP contribution is 2.11. The molecule has 1 aromatic heterocycles. The molecule has 0 amide bonds. The van der Waals surface area contributed by atoms with Crippen LogP contribution in [0.4, 0.5) is 5.82 Å². The van der Waals surface area contributed by atoms with E-state index in [2.05, 4.69) is 14.5 Å². The van der Waals surface area contributed by atoms with E-state index < -0.39 is 11.9 Å². The van der Waals surface area contributed by atoms with Crippen molar-refractivity contribution in [3.05, 3.63) is 23.9 Å². The first-order chi connectivity index (χ1) is 9.10. The Morgan fingerprint density at radius 3 is 2.21 bits per heavy atom. The molecule has 0 fully saturated rings. The van der Waals surface area contributed by atoms with Gasteiger partial charge in [-0.25, -0.2) is 4.98 Å². The lowest BCUT2D eigenvalue weighted by Gasteiger charge is -2.20. The van der Waals surface area contributed by atoms with Gasteiger partial charge in [0.25, 0.3) is 0 Å². The van der Waals surface area contributed by atoms with E-state index in [0.29, 0.717) is 11.4 Å². The van der Waals surface area contributed by atoms with Crippen molar-refractivity contribution in [3.8, 4) is 6.07 Å². The Bertz CT molecular complexity index is 475. The molecule has 0 atom stereocenters. The summed E-state index contributed by atoms with van der Waals surface area (Å²) in [6.45, 7) is -0.269. The smallest absolute Gasteiger partial charge is 0.325 e. The zero-order chi connectivity index (χ0) is 14.3. The Labute approximate surface area is 110 Å². The number of ether oxygens (including phenoxy) is 2. The van der Waals surface area contributed by atoms with Crippen molar-refractivity contribution >= 4 is 17.8 Å². The molecule has 0 aromatic carbocycles. The summed E-state index contributed by atoms with van der Waals surface area (Å²) in [5.74, 6) is -0.625. The maximum Gasteiger partial charge on any atom is 0.325 e. The molecule has 7 nitrogen and oxygen atoms in total. The molecule has 0 radical (unpaired) electrons.